The number of nitrogens with zero attached hydrogens (tertiary/aromatic N) is 4. The maximum Gasteiger partial charge on any atom is 0.310 e. The predicted molar refractivity (Wildman–Crippen MR) is 110 cm³/mol. The first-order chi connectivity index (χ1) is 15.1. The molecule has 3 aromatic rings. The summed E-state index contributed by atoms with van der Waals surface area (Å²) in [6.45, 7) is 0. The molecule has 1 aliphatic rings. The smallest absolute Gasteiger partial charge is 0.310 e. The highest BCUT2D eigenvalue weighted by Crippen LogP contribution is 3.02. The summed E-state index contributed by atoms with van der Waals surface area (Å²) in [5.74, 6) is -1.71. The second kappa shape index (κ2) is 6.47. The van der Waals surface area contributed by atoms with Crippen molar-refractivity contribution in [2.45, 2.75) is 10.4 Å². The predicted octanol–water partition coefficient (Wildman–Crippen LogP) is 4.97. The molecular formula is C20H15F6N5OS. The lowest BCUT2D eigenvalue weighted by Gasteiger charge is -2.40. The number of aromatic nitrogens is 2. The average molecular weight is 487 g/mol. The first-order valence-corrected chi connectivity index (χ1v) is 11.1. The molecule has 0 aliphatic carbocycles. The van der Waals surface area contributed by atoms with Gasteiger partial charge in [0.25, 0.3) is 5.91 Å². The van der Waals surface area contributed by atoms with Gasteiger partial charge in [-0.2, -0.15) is 0 Å². The Labute approximate surface area is 183 Å². The van der Waals surface area contributed by atoms with E-state index in [1.165, 1.54) is 37.9 Å². The van der Waals surface area contributed by atoms with Gasteiger partial charge in [-0.25, -0.2) is 19.4 Å². The number of hydrogen-bond acceptors (Lipinski definition) is 5. The Morgan fingerprint density at radius 3 is 2.03 bits per heavy atom. The molecule has 0 bridgehead atoms. The summed E-state index contributed by atoms with van der Waals surface area (Å²) in [5.41, 5.74) is 3.94. The number of carbonyl (C=O) groups excluding carboxylic acids is 1. The van der Waals surface area contributed by atoms with Crippen LogP contribution in [0.5, 0.6) is 0 Å². The fourth-order valence-electron chi connectivity index (χ4n) is 3.55. The Morgan fingerprint density at radius 1 is 0.939 bits per heavy atom. The number of nitrogens with two attached hydrogens (primary N) is 1. The first kappa shape index (κ1) is 22.6. The van der Waals surface area contributed by atoms with E-state index in [0.717, 1.165) is 23.1 Å². The zero-order valence-corrected chi connectivity index (χ0v) is 17.5. The highest BCUT2D eigenvalue weighted by Gasteiger charge is 2.65. The van der Waals surface area contributed by atoms with Crippen molar-refractivity contribution in [2.24, 2.45) is 10.7 Å². The Balaban J connectivity index is 1.95. The molecule has 1 aromatic heterocycles. The van der Waals surface area contributed by atoms with Crippen LogP contribution in [0, 0.1) is 5.82 Å². The Kier molecular flexibility index (Phi) is 4.42. The van der Waals surface area contributed by atoms with Crippen molar-refractivity contribution in [2.75, 3.05) is 7.05 Å². The van der Waals surface area contributed by atoms with Crippen LogP contribution < -0.4 is 5.73 Å². The minimum atomic E-state index is -9.94. The Bertz CT molecular complexity index is 1300. The van der Waals surface area contributed by atoms with Crippen LogP contribution in [0.1, 0.15) is 11.1 Å². The van der Waals surface area contributed by atoms with E-state index in [9.17, 15) is 28.6 Å². The van der Waals surface area contributed by atoms with Crippen LogP contribution in [0.25, 0.3) is 11.1 Å². The molecule has 0 saturated heterocycles. The van der Waals surface area contributed by atoms with Crippen molar-refractivity contribution in [1.29, 1.82) is 0 Å². The molecule has 6 nitrogen and oxygen atoms in total. The standard InChI is InChI=1S/C20H15F6N5OS/c1-31-18(32)20(30-19(31)27,13-2-5-15(6-3-13)33(22,23,24,25)26)14-4-7-17(21)16(8-14)12-9-28-11-29-10-12/h2-11H,1H3,(H2,27,30). The summed E-state index contributed by atoms with van der Waals surface area (Å²) in [7, 11) is -8.65. The third kappa shape index (κ3) is 3.77. The average Bonchev–Trinajstić information content (AvgIpc) is 2.98. The van der Waals surface area contributed by atoms with Gasteiger partial charge in [-0.1, -0.05) is 37.6 Å². The monoisotopic (exact) mass is 487 g/mol. The zero-order chi connectivity index (χ0) is 24.3. The van der Waals surface area contributed by atoms with Gasteiger partial charge < -0.3 is 5.73 Å². The Morgan fingerprint density at radius 2 is 1.52 bits per heavy atom. The van der Waals surface area contributed by atoms with E-state index in [-0.39, 0.29) is 40.3 Å². The molecule has 1 unspecified atom stereocenters. The van der Waals surface area contributed by atoms with Crippen molar-refractivity contribution in [3.63, 3.8) is 0 Å². The van der Waals surface area contributed by atoms with Crippen LogP contribution in [0.2, 0.25) is 0 Å². The molecule has 174 valence electrons. The maximum absolute atomic E-state index is 14.6. The van der Waals surface area contributed by atoms with Crippen molar-refractivity contribution in [1.82, 2.24) is 14.9 Å². The summed E-state index contributed by atoms with van der Waals surface area (Å²) in [6, 6.07) is 5.36. The van der Waals surface area contributed by atoms with Gasteiger partial charge in [0.1, 0.15) is 17.0 Å². The van der Waals surface area contributed by atoms with Gasteiger partial charge >= 0.3 is 10.2 Å². The third-order valence-corrected chi connectivity index (χ3v) is 6.38. The molecule has 33 heavy (non-hydrogen) atoms. The normalized spacial score (nSPS) is 20.9. The second-order valence-electron chi connectivity index (χ2n) is 7.36. The molecule has 0 radical (unpaired) electrons. The minimum Gasteiger partial charge on any atom is -0.369 e. The van der Waals surface area contributed by atoms with Gasteiger partial charge in [0.05, 0.1) is 0 Å². The SMILES string of the molecule is CN1C(=O)C(c2ccc(S(F)(F)(F)(F)F)cc2)(c2ccc(F)c(-c3cncnc3)c2)N=C1N. The van der Waals surface area contributed by atoms with Crippen LogP contribution in [0.3, 0.4) is 0 Å². The molecule has 2 heterocycles. The van der Waals surface area contributed by atoms with Gasteiger partial charge in [0.15, 0.2) is 11.5 Å². The highest BCUT2D eigenvalue weighted by molar-refractivity contribution is 8.45. The largest absolute Gasteiger partial charge is 0.369 e. The molecule has 1 aliphatic heterocycles. The molecule has 13 heteroatoms. The van der Waals surface area contributed by atoms with Crippen molar-refractivity contribution in [3.05, 3.63) is 78.1 Å². The summed E-state index contributed by atoms with van der Waals surface area (Å²) in [6.07, 6.45) is 3.88. The lowest BCUT2D eigenvalue weighted by atomic mass is 9.82. The van der Waals surface area contributed by atoms with Crippen LogP contribution >= 0.6 is 10.2 Å². The molecule has 1 amide bonds. The van der Waals surface area contributed by atoms with Gasteiger partial charge in [-0.3, -0.25) is 9.69 Å². The first-order valence-electron chi connectivity index (χ1n) is 9.17. The number of rotatable bonds is 4. The number of likely N-dealkylation sites (N-methyl/N-ethyl adjacent to an activating group) is 1. The van der Waals surface area contributed by atoms with Crippen LogP contribution in [0.15, 0.2) is 71.1 Å². The van der Waals surface area contributed by atoms with Crippen molar-refractivity contribution < 1.29 is 28.6 Å². The van der Waals surface area contributed by atoms with Crippen LogP contribution in [-0.4, -0.2) is 33.8 Å². The number of halogens is 6. The topological polar surface area (TPSA) is 84.5 Å². The maximum atomic E-state index is 14.6. The number of guanidine groups is 1. The Hall–Kier alpha value is -3.61. The van der Waals surface area contributed by atoms with E-state index >= 15 is 0 Å². The minimum absolute atomic E-state index is 0.00719. The third-order valence-electron chi connectivity index (χ3n) is 5.21. The molecule has 0 saturated carbocycles. The molecule has 2 N–H and O–H groups in total. The van der Waals surface area contributed by atoms with Gasteiger partial charge in [-0.15, -0.1) is 0 Å². The molecule has 2 aromatic carbocycles. The van der Waals surface area contributed by atoms with Crippen molar-refractivity contribution in [3.8, 4) is 11.1 Å². The lowest BCUT2D eigenvalue weighted by molar-refractivity contribution is -0.129. The highest BCUT2D eigenvalue weighted by atomic mass is 32.5. The van der Waals surface area contributed by atoms with E-state index in [1.54, 1.807) is 0 Å². The van der Waals surface area contributed by atoms with Crippen LogP contribution in [0.4, 0.5) is 23.8 Å². The molecule has 0 spiro atoms. The summed E-state index contributed by atoms with van der Waals surface area (Å²) >= 11 is 0. The fourth-order valence-corrected chi connectivity index (χ4v) is 4.20. The number of amides is 1. The molecule has 0 fully saturated rings. The second-order valence-corrected chi connectivity index (χ2v) is 9.77. The summed E-state index contributed by atoms with van der Waals surface area (Å²) < 4.78 is 80.5. The van der Waals surface area contributed by atoms with E-state index in [4.69, 9.17) is 5.73 Å². The van der Waals surface area contributed by atoms with E-state index < -0.39 is 32.4 Å². The fraction of sp³-hybridized carbons (Fsp3) is 0.100. The van der Waals surface area contributed by atoms with E-state index in [1.807, 2.05) is 0 Å². The molecule has 4 rings (SSSR count). The summed E-state index contributed by atoms with van der Waals surface area (Å²) in [4.78, 5) is 23.9. The van der Waals surface area contributed by atoms with Crippen LogP contribution in [-0.2, 0) is 10.3 Å². The molecular weight excluding hydrogens is 472 g/mol. The van der Waals surface area contributed by atoms with E-state index in [2.05, 4.69) is 15.0 Å². The number of carbonyl (C=O) groups is 1. The van der Waals surface area contributed by atoms with Crippen molar-refractivity contribution >= 4 is 22.1 Å². The number of aliphatic imine (C=N–C) groups is 1. The van der Waals surface area contributed by atoms with E-state index in [0.29, 0.717) is 0 Å². The van der Waals surface area contributed by atoms with Gasteiger partial charge in [-0.05, 0) is 35.4 Å². The zero-order valence-electron chi connectivity index (χ0n) is 16.7. The molecule has 1 atom stereocenters. The number of benzene rings is 2. The van der Waals surface area contributed by atoms with Gasteiger partial charge in [0, 0.05) is 30.6 Å². The van der Waals surface area contributed by atoms with Gasteiger partial charge in [0.2, 0.25) is 0 Å². The lowest BCUT2D eigenvalue weighted by Crippen LogP contribution is -2.41. The quantitative estimate of drug-likeness (QED) is 0.527. The summed E-state index contributed by atoms with van der Waals surface area (Å²) in [5, 5.41) is 0. The number of hydrogen-bond donors (Lipinski definition) is 1.